The van der Waals surface area contributed by atoms with E-state index in [1.54, 1.807) is 23.5 Å². The molecule has 2 N–H and O–H groups in total. The molecule has 7 heteroatoms. The van der Waals surface area contributed by atoms with Crippen LogP contribution in [0.4, 0.5) is 10.6 Å². The van der Waals surface area contributed by atoms with Crippen molar-refractivity contribution in [1.29, 1.82) is 0 Å². The van der Waals surface area contributed by atoms with Gasteiger partial charge in [-0.05, 0) is 30.4 Å². The first-order valence-corrected chi connectivity index (χ1v) is 7.25. The fourth-order valence-corrected chi connectivity index (χ4v) is 2.47. The zero-order valence-corrected chi connectivity index (χ0v) is 12.1. The van der Waals surface area contributed by atoms with E-state index in [4.69, 9.17) is 0 Å². The van der Waals surface area contributed by atoms with Crippen LogP contribution < -0.4 is 10.6 Å². The number of hydrogen-bond acceptors (Lipinski definition) is 4. The molecule has 3 amide bonds. The molecular formula is C15H17N5O2. The van der Waals surface area contributed by atoms with Crippen molar-refractivity contribution in [3.05, 3.63) is 30.7 Å². The maximum atomic E-state index is 12.0. The normalized spacial score (nSPS) is 14.1. The monoisotopic (exact) mass is 299 g/mol. The molecule has 0 atom stereocenters. The number of likely N-dealkylation sites (tertiary alicyclic amines) is 1. The summed E-state index contributed by atoms with van der Waals surface area (Å²) < 4.78 is 0. The summed E-state index contributed by atoms with van der Waals surface area (Å²) in [6.45, 7) is 1.43. The van der Waals surface area contributed by atoms with Gasteiger partial charge in [0.25, 0.3) is 0 Å². The largest absolute Gasteiger partial charge is 0.329 e. The SMILES string of the molecule is O=C(CNC(=O)N1CCCC1)Nc1nccc2ccncc12. The van der Waals surface area contributed by atoms with Gasteiger partial charge in [0.05, 0.1) is 6.54 Å². The highest BCUT2D eigenvalue weighted by Crippen LogP contribution is 2.18. The third-order valence-corrected chi connectivity index (χ3v) is 3.62. The molecule has 0 aliphatic carbocycles. The first-order chi connectivity index (χ1) is 10.7. The number of nitrogens with one attached hydrogen (secondary N) is 2. The summed E-state index contributed by atoms with van der Waals surface area (Å²) in [5, 5.41) is 7.05. The van der Waals surface area contributed by atoms with E-state index in [1.807, 2.05) is 12.1 Å². The van der Waals surface area contributed by atoms with Gasteiger partial charge in [-0.15, -0.1) is 0 Å². The third-order valence-electron chi connectivity index (χ3n) is 3.62. The number of rotatable bonds is 3. The Morgan fingerprint density at radius 3 is 2.77 bits per heavy atom. The highest BCUT2D eigenvalue weighted by atomic mass is 16.2. The van der Waals surface area contributed by atoms with Crippen LogP contribution in [0.3, 0.4) is 0 Å². The van der Waals surface area contributed by atoms with Gasteiger partial charge >= 0.3 is 6.03 Å². The summed E-state index contributed by atoms with van der Waals surface area (Å²) in [6.07, 6.45) is 7.00. The predicted molar refractivity (Wildman–Crippen MR) is 82.4 cm³/mol. The van der Waals surface area contributed by atoms with Gasteiger partial charge in [0.2, 0.25) is 5.91 Å². The van der Waals surface area contributed by atoms with Gasteiger partial charge in [0, 0.05) is 37.1 Å². The second-order valence-electron chi connectivity index (χ2n) is 5.16. The van der Waals surface area contributed by atoms with Gasteiger partial charge < -0.3 is 15.5 Å². The number of anilines is 1. The number of pyridine rings is 2. The molecule has 2 aromatic rings. The smallest absolute Gasteiger partial charge is 0.317 e. The molecule has 0 radical (unpaired) electrons. The van der Waals surface area contributed by atoms with Gasteiger partial charge in [0.1, 0.15) is 5.82 Å². The van der Waals surface area contributed by atoms with Crippen molar-refractivity contribution in [3.63, 3.8) is 0 Å². The molecule has 3 rings (SSSR count). The Kier molecular flexibility index (Phi) is 4.13. The maximum absolute atomic E-state index is 12.0. The van der Waals surface area contributed by atoms with Crippen LogP contribution in [0, 0.1) is 0 Å². The Hall–Kier alpha value is -2.70. The molecule has 0 aromatic carbocycles. The molecule has 22 heavy (non-hydrogen) atoms. The molecule has 0 saturated carbocycles. The Balaban J connectivity index is 1.60. The Morgan fingerprint density at radius 1 is 1.18 bits per heavy atom. The van der Waals surface area contributed by atoms with Crippen molar-refractivity contribution in [3.8, 4) is 0 Å². The lowest BCUT2D eigenvalue weighted by atomic mass is 10.2. The first-order valence-electron chi connectivity index (χ1n) is 7.25. The molecule has 0 bridgehead atoms. The molecule has 2 aromatic heterocycles. The van der Waals surface area contributed by atoms with Gasteiger partial charge in [-0.2, -0.15) is 0 Å². The molecular weight excluding hydrogens is 282 g/mol. The van der Waals surface area contributed by atoms with Crippen molar-refractivity contribution < 1.29 is 9.59 Å². The summed E-state index contributed by atoms with van der Waals surface area (Å²) in [6, 6.07) is 3.50. The van der Waals surface area contributed by atoms with Crippen LogP contribution in [-0.4, -0.2) is 46.4 Å². The lowest BCUT2D eigenvalue weighted by Gasteiger charge is -2.16. The zero-order valence-electron chi connectivity index (χ0n) is 12.1. The Morgan fingerprint density at radius 2 is 1.95 bits per heavy atom. The lowest BCUT2D eigenvalue weighted by molar-refractivity contribution is -0.115. The van der Waals surface area contributed by atoms with E-state index in [2.05, 4.69) is 20.6 Å². The predicted octanol–water partition coefficient (Wildman–Crippen LogP) is 1.37. The minimum atomic E-state index is -0.309. The number of urea groups is 1. The number of aromatic nitrogens is 2. The second kappa shape index (κ2) is 6.38. The fraction of sp³-hybridized carbons (Fsp3) is 0.333. The number of hydrogen-bond donors (Lipinski definition) is 2. The van der Waals surface area contributed by atoms with E-state index in [1.165, 1.54) is 0 Å². The second-order valence-corrected chi connectivity index (χ2v) is 5.16. The molecule has 0 unspecified atom stereocenters. The Bertz CT molecular complexity index is 692. The zero-order chi connectivity index (χ0) is 15.4. The van der Waals surface area contributed by atoms with E-state index in [9.17, 15) is 9.59 Å². The first kappa shape index (κ1) is 14.2. The fourth-order valence-electron chi connectivity index (χ4n) is 2.47. The number of carbonyl (C=O) groups is 2. The summed E-state index contributed by atoms with van der Waals surface area (Å²) in [7, 11) is 0. The topological polar surface area (TPSA) is 87.2 Å². The van der Waals surface area contributed by atoms with Crippen LogP contribution in [0.2, 0.25) is 0 Å². The molecule has 3 heterocycles. The lowest BCUT2D eigenvalue weighted by Crippen LogP contribution is -2.41. The van der Waals surface area contributed by atoms with Crippen molar-refractivity contribution in [1.82, 2.24) is 20.2 Å². The van der Waals surface area contributed by atoms with Gasteiger partial charge in [-0.1, -0.05) is 0 Å². The number of carbonyl (C=O) groups excluding carboxylic acids is 2. The molecule has 0 spiro atoms. The highest BCUT2D eigenvalue weighted by Gasteiger charge is 2.18. The maximum Gasteiger partial charge on any atom is 0.317 e. The van der Waals surface area contributed by atoms with E-state index >= 15 is 0 Å². The van der Waals surface area contributed by atoms with Crippen LogP contribution in [0.15, 0.2) is 30.7 Å². The van der Waals surface area contributed by atoms with Gasteiger partial charge in [-0.3, -0.25) is 9.78 Å². The van der Waals surface area contributed by atoms with Crippen LogP contribution in [0.5, 0.6) is 0 Å². The van der Waals surface area contributed by atoms with Gasteiger partial charge in [-0.25, -0.2) is 9.78 Å². The summed E-state index contributed by atoms with van der Waals surface area (Å²) in [5.41, 5.74) is 0. The van der Waals surface area contributed by atoms with Crippen LogP contribution >= 0.6 is 0 Å². The van der Waals surface area contributed by atoms with Crippen LogP contribution in [0.25, 0.3) is 10.8 Å². The molecule has 1 saturated heterocycles. The number of nitrogens with zero attached hydrogens (tertiary/aromatic N) is 3. The quantitative estimate of drug-likeness (QED) is 0.896. The molecule has 7 nitrogen and oxygen atoms in total. The number of fused-ring (bicyclic) bond motifs is 1. The Labute approximate surface area is 127 Å². The minimum absolute atomic E-state index is 0.0757. The van der Waals surface area contributed by atoms with Crippen molar-refractivity contribution in [2.75, 3.05) is 25.0 Å². The average molecular weight is 299 g/mol. The van der Waals surface area contributed by atoms with Crippen molar-refractivity contribution in [2.24, 2.45) is 0 Å². The molecule has 1 aliphatic rings. The van der Waals surface area contributed by atoms with E-state index < -0.39 is 0 Å². The van der Waals surface area contributed by atoms with E-state index in [0.29, 0.717) is 5.82 Å². The molecule has 114 valence electrons. The van der Waals surface area contributed by atoms with Crippen LogP contribution in [0.1, 0.15) is 12.8 Å². The van der Waals surface area contributed by atoms with Crippen LogP contribution in [-0.2, 0) is 4.79 Å². The van der Waals surface area contributed by atoms with E-state index in [0.717, 1.165) is 36.7 Å². The summed E-state index contributed by atoms with van der Waals surface area (Å²) in [5.74, 6) is 0.141. The van der Waals surface area contributed by atoms with Gasteiger partial charge in [0.15, 0.2) is 0 Å². The van der Waals surface area contributed by atoms with Crippen molar-refractivity contribution in [2.45, 2.75) is 12.8 Å². The highest BCUT2D eigenvalue weighted by molar-refractivity contribution is 6.01. The van der Waals surface area contributed by atoms with Crippen molar-refractivity contribution >= 4 is 28.5 Å². The molecule has 1 fully saturated rings. The van der Waals surface area contributed by atoms with E-state index in [-0.39, 0.29) is 18.5 Å². The average Bonchev–Trinajstić information content (AvgIpc) is 3.07. The summed E-state index contributed by atoms with van der Waals surface area (Å²) >= 11 is 0. The summed E-state index contributed by atoms with van der Waals surface area (Å²) in [4.78, 5) is 33.7. The standard InChI is InChI=1S/C15H17N5O2/c21-13(10-18-15(22)20-7-1-2-8-20)19-14-12-9-16-5-3-11(12)4-6-17-14/h3-6,9H,1-2,7-8,10H2,(H,18,22)(H,17,19,21). The molecule has 1 aliphatic heterocycles. The number of amides is 3. The minimum Gasteiger partial charge on any atom is -0.329 e. The third kappa shape index (κ3) is 3.13.